The van der Waals surface area contributed by atoms with Crippen molar-refractivity contribution in [2.45, 2.75) is 360 Å². The molecule has 0 aliphatic rings. The summed E-state index contributed by atoms with van der Waals surface area (Å²) < 4.78 is 34.7. The highest BCUT2D eigenvalue weighted by molar-refractivity contribution is 7.47. The lowest BCUT2D eigenvalue weighted by Gasteiger charge is -2.24. The van der Waals surface area contributed by atoms with Gasteiger partial charge in [0.2, 0.25) is 0 Å². The number of likely N-dealkylation sites (N-methyl/N-ethyl adjacent to an activating group) is 1. The molecule has 10 heteroatoms. The Labute approximate surface area is 491 Å². The summed E-state index contributed by atoms with van der Waals surface area (Å²) in [5.74, 6) is -0.776. The second-order valence-corrected chi connectivity index (χ2v) is 26.4. The van der Waals surface area contributed by atoms with E-state index in [4.69, 9.17) is 18.5 Å². The van der Waals surface area contributed by atoms with Gasteiger partial charge in [-0.05, 0) is 44.9 Å². The molecular formula is C69H135NO8P+. The smallest absolute Gasteiger partial charge is 0.462 e. The molecule has 79 heavy (non-hydrogen) atoms. The van der Waals surface area contributed by atoms with Gasteiger partial charge in [-0.1, -0.05) is 321 Å². The lowest BCUT2D eigenvalue weighted by atomic mass is 10.0. The number of carbonyl (C=O) groups excluding carboxylic acids is 2. The van der Waals surface area contributed by atoms with Gasteiger partial charge in [0.05, 0.1) is 27.7 Å². The van der Waals surface area contributed by atoms with Crippen molar-refractivity contribution in [1.29, 1.82) is 0 Å². The monoisotopic (exact) mass is 1140 g/mol. The fraction of sp³-hybridized carbons (Fsp3) is 0.913. The van der Waals surface area contributed by atoms with Crippen molar-refractivity contribution < 1.29 is 42.1 Å². The molecule has 0 aromatic carbocycles. The van der Waals surface area contributed by atoms with Crippen molar-refractivity contribution in [2.24, 2.45) is 0 Å². The number of quaternary nitrogens is 1. The van der Waals surface area contributed by atoms with E-state index < -0.39 is 26.5 Å². The van der Waals surface area contributed by atoms with Gasteiger partial charge in [-0.2, -0.15) is 0 Å². The number of esters is 2. The lowest BCUT2D eigenvalue weighted by molar-refractivity contribution is -0.870. The fourth-order valence-electron chi connectivity index (χ4n) is 10.4. The average molecular weight is 1140 g/mol. The van der Waals surface area contributed by atoms with Crippen LogP contribution in [0.1, 0.15) is 354 Å². The maximum Gasteiger partial charge on any atom is 0.472 e. The zero-order valence-corrected chi connectivity index (χ0v) is 54.3. The summed E-state index contributed by atoms with van der Waals surface area (Å²) in [7, 11) is 1.50. The summed E-state index contributed by atoms with van der Waals surface area (Å²) in [4.78, 5) is 35.8. The zero-order chi connectivity index (χ0) is 57.7. The van der Waals surface area contributed by atoms with Gasteiger partial charge in [-0.3, -0.25) is 18.6 Å². The van der Waals surface area contributed by atoms with E-state index in [1.54, 1.807) is 0 Å². The Balaban J connectivity index is 4.00. The molecule has 0 bridgehead atoms. The third-order valence-electron chi connectivity index (χ3n) is 15.7. The van der Waals surface area contributed by atoms with Gasteiger partial charge in [0.15, 0.2) is 6.10 Å². The minimum atomic E-state index is -4.39. The van der Waals surface area contributed by atoms with Crippen molar-refractivity contribution in [3.63, 3.8) is 0 Å². The molecule has 0 rings (SSSR count). The molecule has 9 nitrogen and oxygen atoms in total. The van der Waals surface area contributed by atoms with Crippen LogP contribution in [0.15, 0.2) is 24.3 Å². The molecule has 0 heterocycles. The molecule has 0 radical (unpaired) electrons. The third kappa shape index (κ3) is 65.5. The molecular weight excluding hydrogens is 1000 g/mol. The molecule has 0 saturated carbocycles. The van der Waals surface area contributed by atoms with Gasteiger partial charge in [-0.15, -0.1) is 0 Å². The van der Waals surface area contributed by atoms with Gasteiger partial charge in [0.25, 0.3) is 0 Å². The van der Waals surface area contributed by atoms with E-state index in [0.717, 1.165) is 38.5 Å². The predicted molar refractivity (Wildman–Crippen MR) is 340 cm³/mol. The van der Waals surface area contributed by atoms with E-state index in [-0.39, 0.29) is 25.6 Å². The number of hydrogen-bond donors (Lipinski definition) is 1. The van der Waals surface area contributed by atoms with Crippen LogP contribution in [0.2, 0.25) is 0 Å². The maximum atomic E-state index is 12.9. The molecule has 0 saturated heterocycles. The molecule has 2 unspecified atom stereocenters. The first-order valence-corrected chi connectivity index (χ1v) is 36.1. The number of ether oxygens (including phenoxy) is 2. The number of allylic oxidation sites excluding steroid dienone is 4. The summed E-state index contributed by atoms with van der Waals surface area (Å²) in [5.41, 5.74) is 0. The van der Waals surface area contributed by atoms with Crippen molar-refractivity contribution in [3.8, 4) is 0 Å². The summed E-state index contributed by atoms with van der Waals surface area (Å²) in [6, 6.07) is 0. The first kappa shape index (κ1) is 77.5. The van der Waals surface area contributed by atoms with Crippen LogP contribution in [0.4, 0.5) is 0 Å². The largest absolute Gasteiger partial charge is 0.472 e. The van der Waals surface area contributed by atoms with E-state index in [9.17, 15) is 19.0 Å². The SMILES string of the molecule is CCCCCCC/C=C\C/C=C\CCCCCCCCCCCCCCCC(=O)OC(COC(=O)CCCCCCCCCCCCCCCCCCCCCCCCCCCCCCCC)COP(=O)(O)OCC[N+](C)(C)C. The minimum absolute atomic E-state index is 0.0347. The Hall–Kier alpha value is -1.51. The highest BCUT2D eigenvalue weighted by Crippen LogP contribution is 2.43. The standard InChI is InChI=1S/C69H134NO8P/c1-6-8-10-12-14-16-18-20-22-24-26-28-30-32-33-34-35-36-38-39-41-43-45-47-49-51-53-55-57-59-61-68(71)75-65-67(66-77-79(73,74)76-64-63-70(3,4)5)78-69(72)62-60-58-56-54-52-50-48-46-44-42-40-37-31-29-27-25-23-21-19-17-15-13-11-9-7-2/h19,21,25,27,67H,6-18,20,22-24,26,28-66H2,1-5H3/p+1/b21-19-,27-25-. The number of carbonyl (C=O) groups is 2. The normalized spacial score (nSPS) is 13.2. The highest BCUT2D eigenvalue weighted by atomic mass is 31.2. The Morgan fingerprint density at radius 3 is 1.00 bits per heavy atom. The Morgan fingerprint density at radius 1 is 0.392 bits per heavy atom. The molecule has 0 aromatic rings. The molecule has 2 atom stereocenters. The molecule has 0 aliphatic carbocycles. The van der Waals surface area contributed by atoms with Crippen LogP contribution < -0.4 is 0 Å². The van der Waals surface area contributed by atoms with Crippen LogP contribution in [-0.4, -0.2) is 74.9 Å². The van der Waals surface area contributed by atoms with Crippen LogP contribution in [0.25, 0.3) is 0 Å². The van der Waals surface area contributed by atoms with Gasteiger partial charge >= 0.3 is 19.8 Å². The van der Waals surface area contributed by atoms with Gasteiger partial charge < -0.3 is 18.9 Å². The molecule has 0 aliphatic heterocycles. The van der Waals surface area contributed by atoms with Crippen LogP contribution in [0, 0.1) is 0 Å². The summed E-state index contributed by atoms with van der Waals surface area (Å²) in [6.45, 7) is 4.50. The summed E-state index contributed by atoms with van der Waals surface area (Å²) >= 11 is 0. The highest BCUT2D eigenvalue weighted by Gasteiger charge is 2.27. The van der Waals surface area contributed by atoms with Gasteiger partial charge in [0, 0.05) is 12.8 Å². The third-order valence-corrected chi connectivity index (χ3v) is 16.7. The molecule has 1 N–H and O–H groups in total. The number of hydrogen-bond acceptors (Lipinski definition) is 7. The van der Waals surface area contributed by atoms with E-state index in [1.807, 2.05) is 21.1 Å². The molecule has 0 amide bonds. The van der Waals surface area contributed by atoms with Crippen molar-refractivity contribution in [2.75, 3.05) is 47.5 Å². The summed E-state index contributed by atoms with van der Waals surface area (Å²) in [5, 5.41) is 0. The molecule has 468 valence electrons. The van der Waals surface area contributed by atoms with Gasteiger partial charge in [-0.25, -0.2) is 4.57 Å². The van der Waals surface area contributed by atoms with Gasteiger partial charge in [0.1, 0.15) is 19.8 Å². The van der Waals surface area contributed by atoms with Crippen LogP contribution in [0.5, 0.6) is 0 Å². The number of rotatable bonds is 65. The number of phosphoric acid groups is 1. The molecule has 0 spiro atoms. The zero-order valence-electron chi connectivity index (χ0n) is 53.4. The van der Waals surface area contributed by atoms with E-state index in [0.29, 0.717) is 23.9 Å². The average Bonchev–Trinajstić information content (AvgIpc) is 3.41. The Morgan fingerprint density at radius 2 is 0.684 bits per heavy atom. The van der Waals surface area contributed by atoms with E-state index in [2.05, 4.69) is 38.2 Å². The number of unbranched alkanes of at least 4 members (excludes halogenated alkanes) is 47. The first-order chi connectivity index (χ1) is 38.5. The first-order valence-electron chi connectivity index (χ1n) is 34.6. The Bertz CT molecular complexity index is 1380. The van der Waals surface area contributed by atoms with E-state index >= 15 is 0 Å². The molecule has 0 aromatic heterocycles. The molecule has 0 fully saturated rings. The van der Waals surface area contributed by atoms with Crippen molar-refractivity contribution in [1.82, 2.24) is 0 Å². The van der Waals surface area contributed by atoms with Crippen LogP contribution in [-0.2, 0) is 32.7 Å². The van der Waals surface area contributed by atoms with Crippen molar-refractivity contribution in [3.05, 3.63) is 24.3 Å². The Kier molecular flexibility index (Phi) is 59.9. The number of nitrogens with zero attached hydrogens (tertiary/aromatic N) is 1. The lowest BCUT2D eigenvalue weighted by Crippen LogP contribution is -2.37. The van der Waals surface area contributed by atoms with Crippen LogP contribution >= 0.6 is 7.82 Å². The second-order valence-electron chi connectivity index (χ2n) is 24.9. The quantitative estimate of drug-likeness (QED) is 0.0211. The fourth-order valence-corrected chi connectivity index (χ4v) is 11.1. The van der Waals surface area contributed by atoms with Crippen molar-refractivity contribution >= 4 is 19.8 Å². The maximum absolute atomic E-state index is 12.9. The van der Waals surface area contributed by atoms with E-state index in [1.165, 1.54) is 283 Å². The van der Waals surface area contributed by atoms with Crippen LogP contribution in [0.3, 0.4) is 0 Å². The number of phosphoric ester groups is 1. The predicted octanol–water partition coefficient (Wildman–Crippen LogP) is 22.1. The topological polar surface area (TPSA) is 108 Å². The second kappa shape index (κ2) is 61.1. The minimum Gasteiger partial charge on any atom is -0.462 e. The summed E-state index contributed by atoms with van der Waals surface area (Å²) in [6.07, 6.45) is 75.7.